The van der Waals surface area contributed by atoms with E-state index in [4.69, 9.17) is 9.47 Å². The van der Waals surface area contributed by atoms with Crippen LogP contribution in [0.5, 0.6) is 0 Å². The molecule has 0 unspecified atom stereocenters. The second kappa shape index (κ2) is 11.2. The van der Waals surface area contributed by atoms with E-state index >= 15 is 0 Å². The maximum atomic E-state index is 12.4. The van der Waals surface area contributed by atoms with E-state index in [1.165, 1.54) is 4.90 Å². The number of esters is 2. The molecule has 0 bridgehead atoms. The van der Waals surface area contributed by atoms with E-state index in [1.54, 1.807) is 54.6 Å². The molecule has 2 aromatic rings. The maximum Gasteiger partial charge on any atom is 0.338 e. The molecular weight excluding hydrogens is 410 g/mol. The molecule has 1 saturated heterocycles. The van der Waals surface area contributed by atoms with Gasteiger partial charge in [0.2, 0.25) is 5.91 Å². The SMILES string of the molecule is CCCCCOC(=O)c1ccc(N2C[C@@H](C(=O)OCC(=O)c3ccccc3)CC2=O)cc1. The minimum absolute atomic E-state index is 0.0135. The van der Waals surface area contributed by atoms with Crippen LogP contribution in [0.2, 0.25) is 0 Å². The maximum absolute atomic E-state index is 12.4. The largest absolute Gasteiger partial charge is 0.462 e. The van der Waals surface area contributed by atoms with E-state index in [1.807, 2.05) is 0 Å². The van der Waals surface area contributed by atoms with Crippen LogP contribution in [-0.2, 0) is 19.1 Å². The van der Waals surface area contributed by atoms with Crippen molar-refractivity contribution in [3.05, 3.63) is 65.7 Å². The molecule has 3 rings (SSSR count). The summed E-state index contributed by atoms with van der Waals surface area (Å²) >= 11 is 0. The Morgan fingerprint density at radius 2 is 1.66 bits per heavy atom. The van der Waals surface area contributed by atoms with Crippen LogP contribution in [0.4, 0.5) is 5.69 Å². The average molecular weight is 437 g/mol. The Balaban J connectivity index is 1.52. The van der Waals surface area contributed by atoms with E-state index in [0.29, 0.717) is 23.4 Å². The summed E-state index contributed by atoms with van der Waals surface area (Å²) in [6.07, 6.45) is 2.90. The predicted molar refractivity (Wildman–Crippen MR) is 118 cm³/mol. The molecule has 7 nitrogen and oxygen atoms in total. The molecule has 0 N–H and O–H groups in total. The molecule has 0 saturated carbocycles. The number of unbranched alkanes of at least 4 members (excludes halogenated alkanes) is 2. The molecule has 7 heteroatoms. The molecule has 0 aromatic heterocycles. The lowest BCUT2D eigenvalue weighted by Gasteiger charge is -2.17. The van der Waals surface area contributed by atoms with Crippen molar-refractivity contribution in [2.24, 2.45) is 5.92 Å². The van der Waals surface area contributed by atoms with E-state index in [2.05, 4.69) is 6.92 Å². The molecule has 1 fully saturated rings. The molecule has 168 valence electrons. The molecule has 1 aliphatic rings. The zero-order valence-electron chi connectivity index (χ0n) is 18.1. The van der Waals surface area contributed by atoms with Gasteiger partial charge in [-0.2, -0.15) is 0 Å². The van der Waals surface area contributed by atoms with Crippen molar-refractivity contribution in [2.75, 3.05) is 24.7 Å². The van der Waals surface area contributed by atoms with Crippen molar-refractivity contribution in [1.29, 1.82) is 0 Å². The zero-order chi connectivity index (χ0) is 22.9. The number of anilines is 1. The lowest BCUT2D eigenvalue weighted by atomic mass is 10.1. The Bertz CT molecular complexity index is 954. The highest BCUT2D eigenvalue weighted by molar-refractivity contribution is 6.01. The number of hydrogen-bond donors (Lipinski definition) is 0. The monoisotopic (exact) mass is 437 g/mol. The number of benzene rings is 2. The minimum Gasteiger partial charge on any atom is -0.462 e. The average Bonchev–Trinajstić information content (AvgIpc) is 3.22. The third kappa shape index (κ3) is 6.03. The van der Waals surface area contributed by atoms with Crippen LogP contribution >= 0.6 is 0 Å². The van der Waals surface area contributed by atoms with Crippen LogP contribution in [0.15, 0.2) is 54.6 Å². The summed E-state index contributed by atoms with van der Waals surface area (Å²) in [5, 5.41) is 0. The van der Waals surface area contributed by atoms with Gasteiger partial charge in [-0.05, 0) is 30.7 Å². The van der Waals surface area contributed by atoms with Crippen LogP contribution in [-0.4, -0.2) is 43.4 Å². The quantitative estimate of drug-likeness (QED) is 0.319. The number of rotatable bonds is 10. The van der Waals surface area contributed by atoms with Gasteiger partial charge >= 0.3 is 11.9 Å². The highest BCUT2D eigenvalue weighted by atomic mass is 16.5. The van der Waals surface area contributed by atoms with Crippen molar-refractivity contribution >= 4 is 29.3 Å². The van der Waals surface area contributed by atoms with Gasteiger partial charge in [-0.25, -0.2) is 4.79 Å². The molecule has 1 heterocycles. The topological polar surface area (TPSA) is 90.0 Å². The molecule has 32 heavy (non-hydrogen) atoms. The van der Waals surface area contributed by atoms with Crippen LogP contribution in [0.25, 0.3) is 0 Å². The number of nitrogens with zero attached hydrogens (tertiary/aromatic N) is 1. The van der Waals surface area contributed by atoms with Gasteiger partial charge < -0.3 is 14.4 Å². The first-order valence-corrected chi connectivity index (χ1v) is 10.8. The van der Waals surface area contributed by atoms with Crippen LogP contribution < -0.4 is 4.90 Å². The van der Waals surface area contributed by atoms with Gasteiger partial charge in [0.1, 0.15) is 0 Å². The third-order valence-corrected chi connectivity index (χ3v) is 5.30. The first-order chi connectivity index (χ1) is 15.5. The summed E-state index contributed by atoms with van der Waals surface area (Å²) in [4.78, 5) is 50.5. The molecule has 1 aliphatic heterocycles. The Kier molecular flexibility index (Phi) is 8.14. The number of carbonyl (C=O) groups excluding carboxylic acids is 4. The van der Waals surface area contributed by atoms with Gasteiger partial charge in [0.05, 0.1) is 18.1 Å². The van der Waals surface area contributed by atoms with Gasteiger partial charge in [0, 0.05) is 24.2 Å². The van der Waals surface area contributed by atoms with E-state index in [-0.39, 0.29) is 31.3 Å². The van der Waals surface area contributed by atoms with Gasteiger partial charge in [-0.1, -0.05) is 50.1 Å². The summed E-state index contributed by atoms with van der Waals surface area (Å²) in [5.74, 6) is -2.12. The predicted octanol–water partition coefficient (Wildman–Crippen LogP) is 3.81. The van der Waals surface area contributed by atoms with Crippen molar-refractivity contribution in [3.8, 4) is 0 Å². The molecule has 1 atom stereocenters. The highest BCUT2D eigenvalue weighted by Gasteiger charge is 2.36. The Morgan fingerprint density at radius 3 is 2.34 bits per heavy atom. The van der Waals surface area contributed by atoms with Crippen molar-refractivity contribution in [2.45, 2.75) is 32.6 Å². The summed E-state index contributed by atoms with van der Waals surface area (Å²) < 4.78 is 10.4. The van der Waals surface area contributed by atoms with E-state index in [9.17, 15) is 19.2 Å². The molecule has 0 spiro atoms. The van der Waals surface area contributed by atoms with E-state index < -0.39 is 17.9 Å². The number of amides is 1. The number of hydrogen-bond acceptors (Lipinski definition) is 6. The van der Waals surface area contributed by atoms with Crippen molar-refractivity contribution in [3.63, 3.8) is 0 Å². The summed E-state index contributed by atoms with van der Waals surface area (Å²) in [6, 6.07) is 15.1. The fraction of sp³-hybridized carbons (Fsp3) is 0.360. The van der Waals surface area contributed by atoms with E-state index in [0.717, 1.165) is 19.3 Å². The zero-order valence-corrected chi connectivity index (χ0v) is 18.1. The standard InChI is InChI=1S/C25H27NO6/c1-2-3-7-14-31-24(29)19-10-12-21(13-11-19)26-16-20(15-23(26)28)25(30)32-17-22(27)18-8-5-4-6-9-18/h4-6,8-13,20H,2-3,7,14-17H2,1H3/t20-/m0/s1. The highest BCUT2D eigenvalue weighted by Crippen LogP contribution is 2.26. The Morgan fingerprint density at radius 1 is 0.938 bits per heavy atom. The molecule has 0 aliphatic carbocycles. The van der Waals surface area contributed by atoms with Crippen LogP contribution in [0.3, 0.4) is 0 Å². The van der Waals surface area contributed by atoms with Crippen LogP contribution in [0.1, 0.15) is 53.3 Å². The Hall–Kier alpha value is -3.48. The van der Waals surface area contributed by atoms with Gasteiger partial charge in [0.25, 0.3) is 0 Å². The summed E-state index contributed by atoms with van der Waals surface area (Å²) in [5.41, 5.74) is 1.47. The molecule has 0 radical (unpaired) electrons. The first-order valence-electron chi connectivity index (χ1n) is 10.8. The lowest BCUT2D eigenvalue weighted by molar-refractivity contribution is -0.147. The van der Waals surface area contributed by atoms with Gasteiger partial charge in [0.15, 0.2) is 12.4 Å². The molecular formula is C25H27NO6. The second-order valence-electron chi connectivity index (χ2n) is 7.69. The van der Waals surface area contributed by atoms with Crippen molar-refractivity contribution < 1.29 is 28.7 Å². The number of ether oxygens (including phenoxy) is 2. The first kappa shape index (κ1) is 23.2. The minimum atomic E-state index is -0.644. The van der Waals surface area contributed by atoms with Gasteiger partial charge in [-0.15, -0.1) is 0 Å². The normalized spacial score (nSPS) is 15.5. The summed E-state index contributed by atoms with van der Waals surface area (Å²) in [6.45, 7) is 2.27. The Labute approximate surface area is 187 Å². The molecule has 1 amide bonds. The molecule has 2 aromatic carbocycles. The number of carbonyl (C=O) groups is 4. The lowest BCUT2D eigenvalue weighted by Crippen LogP contribution is -2.27. The summed E-state index contributed by atoms with van der Waals surface area (Å²) in [7, 11) is 0. The number of Topliss-reactive ketones (excluding diaryl/α,β-unsaturated/α-hetero) is 1. The fourth-order valence-electron chi connectivity index (χ4n) is 3.45. The second-order valence-corrected chi connectivity index (χ2v) is 7.69. The number of ketones is 1. The fourth-order valence-corrected chi connectivity index (χ4v) is 3.45. The van der Waals surface area contributed by atoms with Gasteiger partial charge in [-0.3, -0.25) is 14.4 Å². The van der Waals surface area contributed by atoms with Crippen LogP contribution in [0, 0.1) is 5.92 Å². The van der Waals surface area contributed by atoms with Crippen molar-refractivity contribution in [1.82, 2.24) is 0 Å². The third-order valence-electron chi connectivity index (χ3n) is 5.30. The smallest absolute Gasteiger partial charge is 0.338 e.